The summed E-state index contributed by atoms with van der Waals surface area (Å²) in [4.78, 5) is 36.9. The van der Waals surface area contributed by atoms with Crippen LogP contribution in [0, 0.1) is 0 Å². The maximum atomic E-state index is 12.2. The van der Waals surface area contributed by atoms with Crippen molar-refractivity contribution in [2.24, 2.45) is 0 Å². The van der Waals surface area contributed by atoms with Gasteiger partial charge in [0.25, 0.3) is 0 Å². The average molecular weight is 448 g/mol. The molecule has 0 radical (unpaired) electrons. The Balaban J connectivity index is 1.30. The molecule has 1 aliphatic carbocycles. The van der Waals surface area contributed by atoms with Crippen molar-refractivity contribution in [2.75, 3.05) is 15.5 Å². The highest BCUT2D eigenvalue weighted by Gasteiger charge is 2.37. The van der Waals surface area contributed by atoms with Crippen LogP contribution in [0.5, 0.6) is 5.88 Å². The molecule has 3 N–H and O–H groups in total. The van der Waals surface area contributed by atoms with Gasteiger partial charge in [-0.1, -0.05) is 0 Å². The number of nitrogens with zero attached hydrogens (tertiary/aromatic N) is 4. The van der Waals surface area contributed by atoms with E-state index in [9.17, 15) is 23.5 Å². The number of carbonyl (C=O) groups is 2. The highest BCUT2D eigenvalue weighted by Crippen LogP contribution is 2.29. The lowest BCUT2D eigenvalue weighted by molar-refractivity contribution is -0.138. The van der Waals surface area contributed by atoms with Crippen molar-refractivity contribution < 1.29 is 28.2 Å². The molecule has 0 unspecified atom stereocenters. The van der Waals surface area contributed by atoms with Gasteiger partial charge in [-0.2, -0.15) is 8.78 Å². The molecular formula is C20H22F2N6O4. The Labute approximate surface area is 182 Å². The highest BCUT2D eigenvalue weighted by atomic mass is 19.3. The summed E-state index contributed by atoms with van der Waals surface area (Å²) in [5.41, 5.74) is 0.467. The molecule has 2 aromatic rings. The first-order valence-corrected chi connectivity index (χ1v) is 10.2. The van der Waals surface area contributed by atoms with Gasteiger partial charge in [0.15, 0.2) is 0 Å². The maximum Gasteiger partial charge on any atom is 0.388 e. The number of pyridine rings is 1. The lowest BCUT2D eigenvalue weighted by atomic mass is 10.2. The first-order chi connectivity index (χ1) is 15.4. The number of anilines is 3. The van der Waals surface area contributed by atoms with E-state index in [0.717, 1.165) is 25.5 Å². The van der Waals surface area contributed by atoms with Gasteiger partial charge >= 0.3 is 12.6 Å². The maximum absolute atomic E-state index is 12.2. The zero-order valence-corrected chi connectivity index (χ0v) is 16.9. The molecule has 2 fully saturated rings. The highest BCUT2D eigenvalue weighted by molar-refractivity contribution is 6.02. The predicted octanol–water partition coefficient (Wildman–Crippen LogP) is 2.50. The Hall–Kier alpha value is -3.57. The van der Waals surface area contributed by atoms with Crippen molar-refractivity contribution in [3.8, 4) is 5.88 Å². The van der Waals surface area contributed by atoms with Crippen LogP contribution in [0.25, 0.3) is 0 Å². The van der Waals surface area contributed by atoms with Crippen molar-refractivity contribution >= 4 is 29.2 Å². The van der Waals surface area contributed by atoms with Gasteiger partial charge in [0.1, 0.15) is 17.7 Å². The van der Waals surface area contributed by atoms with Gasteiger partial charge in [0, 0.05) is 18.5 Å². The number of hydrogen-bond acceptors (Lipinski definition) is 8. The molecule has 1 aliphatic heterocycles. The molecule has 2 aliphatic rings. The molecule has 32 heavy (non-hydrogen) atoms. The number of aliphatic carboxylic acids is 1. The number of halogens is 2. The smallest absolute Gasteiger partial charge is 0.388 e. The van der Waals surface area contributed by atoms with Crippen molar-refractivity contribution in [1.82, 2.24) is 15.0 Å². The van der Waals surface area contributed by atoms with Gasteiger partial charge in [-0.05, 0) is 37.8 Å². The number of carboxylic acids is 1. The Kier molecular flexibility index (Phi) is 6.28. The fraction of sp³-hybridized carbons (Fsp3) is 0.450. The van der Waals surface area contributed by atoms with Gasteiger partial charge in [-0.15, -0.1) is 0 Å². The van der Waals surface area contributed by atoms with Gasteiger partial charge in [-0.3, -0.25) is 9.69 Å². The summed E-state index contributed by atoms with van der Waals surface area (Å²) < 4.78 is 28.5. The molecule has 170 valence electrons. The molecule has 1 saturated carbocycles. The number of rotatable bonds is 8. The number of carbonyl (C=O) groups excluding carboxylic acids is 1. The lowest BCUT2D eigenvalue weighted by Crippen LogP contribution is -2.38. The predicted molar refractivity (Wildman–Crippen MR) is 110 cm³/mol. The van der Waals surface area contributed by atoms with Crippen LogP contribution in [0.3, 0.4) is 0 Å². The Morgan fingerprint density at radius 3 is 2.38 bits per heavy atom. The molecule has 12 heteroatoms. The summed E-state index contributed by atoms with van der Waals surface area (Å²) in [6, 6.07) is 2.84. The second-order valence-electron chi connectivity index (χ2n) is 7.67. The molecule has 1 amide bonds. The van der Waals surface area contributed by atoms with Crippen LogP contribution in [-0.4, -0.2) is 56.7 Å². The van der Waals surface area contributed by atoms with Crippen molar-refractivity contribution in [2.45, 2.75) is 56.8 Å². The fourth-order valence-corrected chi connectivity index (χ4v) is 4.06. The van der Waals surface area contributed by atoms with Crippen LogP contribution in [0.4, 0.5) is 26.1 Å². The monoisotopic (exact) mass is 448 g/mol. The second-order valence-corrected chi connectivity index (χ2v) is 7.67. The molecular weight excluding hydrogens is 426 g/mol. The molecule has 0 aromatic carbocycles. The van der Waals surface area contributed by atoms with Crippen LogP contribution in [-0.2, 0) is 9.59 Å². The quantitative estimate of drug-likeness (QED) is 0.558. The number of hydrogen-bond donors (Lipinski definition) is 3. The van der Waals surface area contributed by atoms with E-state index in [1.807, 2.05) is 0 Å². The fourth-order valence-electron chi connectivity index (χ4n) is 4.06. The standard InChI is InChI=1S/C20H22F2N6O4/c21-20(22)32-17-10-24-16(9-25-17)27-12-2-1-11(7-12)26-15-5-3-13(8-23-15)28-14(19(30)31)4-6-18(28)29/h3,5,8-12,14,20H,1-2,4,6-7H2,(H,23,26)(H,24,27)(H,30,31)/t11-,12-,14-/m0/s1. The van der Waals surface area contributed by atoms with Crippen molar-refractivity contribution in [3.63, 3.8) is 0 Å². The number of aromatic nitrogens is 3. The summed E-state index contributed by atoms with van der Waals surface area (Å²) in [5, 5.41) is 15.9. The van der Waals surface area contributed by atoms with Crippen LogP contribution in [0.1, 0.15) is 32.1 Å². The zero-order valence-electron chi connectivity index (χ0n) is 16.9. The minimum atomic E-state index is -2.94. The number of ether oxygens (including phenoxy) is 1. The van der Waals surface area contributed by atoms with Crippen LogP contribution in [0.15, 0.2) is 30.7 Å². The molecule has 3 atom stereocenters. The van der Waals surface area contributed by atoms with E-state index < -0.39 is 18.6 Å². The van der Waals surface area contributed by atoms with E-state index in [1.54, 1.807) is 12.1 Å². The minimum absolute atomic E-state index is 0.126. The Bertz CT molecular complexity index is 960. The number of nitrogens with one attached hydrogen (secondary N) is 2. The molecule has 1 saturated heterocycles. The second kappa shape index (κ2) is 9.28. The first kappa shape index (κ1) is 21.7. The third-order valence-corrected chi connectivity index (χ3v) is 5.50. The lowest BCUT2D eigenvalue weighted by Gasteiger charge is -2.22. The van der Waals surface area contributed by atoms with Gasteiger partial charge in [0.2, 0.25) is 11.8 Å². The summed E-state index contributed by atoms with van der Waals surface area (Å²) >= 11 is 0. The summed E-state index contributed by atoms with van der Waals surface area (Å²) in [7, 11) is 0. The van der Waals surface area contributed by atoms with E-state index in [-0.39, 0.29) is 36.7 Å². The minimum Gasteiger partial charge on any atom is -0.480 e. The Morgan fingerprint density at radius 2 is 1.78 bits per heavy atom. The SMILES string of the molecule is O=C(O)[C@@H]1CCC(=O)N1c1ccc(N[C@H]2CC[C@H](Nc3cnc(OC(F)F)cn3)C2)nc1. The molecule has 3 heterocycles. The third kappa shape index (κ3) is 5.01. The largest absolute Gasteiger partial charge is 0.480 e. The van der Waals surface area contributed by atoms with E-state index in [4.69, 9.17) is 0 Å². The molecule has 0 bridgehead atoms. The molecule has 10 nitrogen and oxygen atoms in total. The summed E-state index contributed by atoms with van der Waals surface area (Å²) in [5.74, 6) is -0.379. The molecule has 2 aromatic heterocycles. The molecule has 0 spiro atoms. The van der Waals surface area contributed by atoms with Gasteiger partial charge in [-0.25, -0.2) is 19.7 Å². The van der Waals surface area contributed by atoms with Crippen LogP contribution < -0.4 is 20.3 Å². The topological polar surface area (TPSA) is 130 Å². The van der Waals surface area contributed by atoms with E-state index >= 15 is 0 Å². The molecule has 4 rings (SSSR count). The Morgan fingerprint density at radius 1 is 1.06 bits per heavy atom. The average Bonchev–Trinajstić information content (AvgIpc) is 3.36. The number of carboxylic acid groups (broad SMARTS) is 1. The van der Waals surface area contributed by atoms with E-state index in [1.165, 1.54) is 17.3 Å². The normalized spacial score (nSPS) is 22.9. The third-order valence-electron chi connectivity index (χ3n) is 5.50. The number of alkyl halides is 2. The summed E-state index contributed by atoms with van der Waals surface area (Å²) in [6.07, 6.45) is 7.03. The van der Waals surface area contributed by atoms with Crippen molar-refractivity contribution in [1.29, 1.82) is 0 Å². The van der Waals surface area contributed by atoms with Crippen molar-refractivity contribution in [3.05, 3.63) is 30.7 Å². The van der Waals surface area contributed by atoms with Crippen LogP contribution >= 0.6 is 0 Å². The summed E-state index contributed by atoms with van der Waals surface area (Å²) in [6.45, 7) is -2.94. The van der Waals surface area contributed by atoms with Crippen LogP contribution in [0.2, 0.25) is 0 Å². The van der Waals surface area contributed by atoms with E-state index in [0.29, 0.717) is 17.3 Å². The zero-order chi connectivity index (χ0) is 22.7. The first-order valence-electron chi connectivity index (χ1n) is 10.2. The van der Waals surface area contributed by atoms with Gasteiger partial charge in [0.05, 0.1) is 24.3 Å². The number of amides is 1. The van der Waals surface area contributed by atoms with Gasteiger partial charge < -0.3 is 20.5 Å². The van der Waals surface area contributed by atoms with E-state index in [2.05, 4.69) is 30.3 Å².